The highest BCUT2D eigenvalue weighted by atomic mass is 32.2. The van der Waals surface area contributed by atoms with E-state index in [1.807, 2.05) is 6.07 Å². The maximum absolute atomic E-state index is 13.1. The highest BCUT2D eigenvalue weighted by molar-refractivity contribution is 7.89. The molecule has 1 aliphatic heterocycles. The molecule has 4 rings (SSSR count). The van der Waals surface area contributed by atoms with Crippen molar-refractivity contribution in [1.82, 2.24) is 4.31 Å². The molecule has 0 spiro atoms. The number of hydrogen-bond acceptors (Lipinski definition) is 5. The van der Waals surface area contributed by atoms with Crippen molar-refractivity contribution in [2.24, 2.45) is 0 Å². The standard InChI is InChI=1S/C22H24N2O5S/c1-28-17-9-10-18-16(15-29-20(18)14-17)13-22(25)23-19-7-3-4-8-21(19)30(26,27)24-11-5-2-6-12-24/h3-4,7-10,14-15H,2,5-6,11-13H2,1H3,(H,23,25). The molecule has 8 heteroatoms. The quantitative estimate of drug-likeness (QED) is 0.645. The van der Waals surface area contributed by atoms with Gasteiger partial charge in [-0.05, 0) is 37.1 Å². The molecule has 1 fully saturated rings. The van der Waals surface area contributed by atoms with E-state index in [0.717, 1.165) is 30.2 Å². The van der Waals surface area contributed by atoms with Crippen LogP contribution in [0.1, 0.15) is 24.8 Å². The van der Waals surface area contributed by atoms with Crippen LogP contribution in [0.3, 0.4) is 0 Å². The lowest BCUT2D eigenvalue weighted by Gasteiger charge is -2.26. The monoisotopic (exact) mass is 428 g/mol. The molecule has 1 amide bonds. The number of fused-ring (bicyclic) bond motifs is 1. The third kappa shape index (κ3) is 4.06. The number of furan rings is 1. The Morgan fingerprint density at radius 1 is 1.13 bits per heavy atom. The van der Waals surface area contributed by atoms with Gasteiger partial charge < -0.3 is 14.5 Å². The number of para-hydroxylation sites is 1. The van der Waals surface area contributed by atoms with Gasteiger partial charge in [0.2, 0.25) is 15.9 Å². The number of ether oxygens (including phenoxy) is 1. The highest BCUT2D eigenvalue weighted by Gasteiger charge is 2.28. The molecule has 30 heavy (non-hydrogen) atoms. The first-order chi connectivity index (χ1) is 14.5. The van der Waals surface area contributed by atoms with Crippen LogP contribution in [0.15, 0.2) is 58.0 Å². The Balaban J connectivity index is 1.54. The molecule has 7 nitrogen and oxygen atoms in total. The number of carbonyl (C=O) groups excluding carboxylic acids is 1. The van der Waals surface area contributed by atoms with Crippen LogP contribution in [0.5, 0.6) is 5.75 Å². The zero-order chi connectivity index (χ0) is 21.1. The van der Waals surface area contributed by atoms with Gasteiger partial charge in [-0.25, -0.2) is 8.42 Å². The smallest absolute Gasteiger partial charge is 0.245 e. The molecule has 0 aliphatic carbocycles. The van der Waals surface area contributed by atoms with Gasteiger partial charge in [-0.3, -0.25) is 4.79 Å². The zero-order valence-corrected chi connectivity index (χ0v) is 17.6. The number of carbonyl (C=O) groups is 1. The van der Waals surface area contributed by atoms with E-state index < -0.39 is 10.0 Å². The van der Waals surface area contributed by atoms with Crippen LogP contribution >= 0.6 is 0 Å². The summed E-state index contributed by atoms with van der Waals surface area (Å²) >= 11 is 0. The Morgan fingerprint density at radius 2 is 1.90 bits per heavy atom. The highest BCUT2D eigenvalue weighted by Crippen LogP contribution is 2.28. The number of nitrogens with zero attached hydrogens (tertiary/aromatic N) is 1. The lowest BCUT2D eigenvalue weighted by atomic mass is 10.1. The van der Waals surface area contributed by atoms with Crippen molar-refractivity contribution < 1.29 is 22.4 Å². The van der Waals surface area contributed by atoms with Gasteiger partial charge in [-0.1, -0.05) is 18.6 Å². The number of piperidine rings is 1. The van der Waals surface area contributed by atoms with Gasteiger partial charge in [0.1, 0.15) is 16.2 Å². The average molecular weight is 429 g/mol. The van der Waals surface area contributed by atoms with Gasteiger partial charge in [0.25, 0.3) is 0 Å². The summed E-state index contributed by atoms with van der Waals surface area (Å²) in [6, 6.07) is 12.0. The molecule has 3 aromatic rings. The number of nitrogens with one attached hydrogen (secondary N) is 1. The van der Waals surface area contributed by atoms with E-state index in [-0.39, 0.29) is 17.2 Å². The summed E-state index contributed by atoms with van der Waals surface area (Å²) < 4.78 is 38.4. The molecule has 1 aromatic heterocycles. The number of methoxy groups -OCH3 is 1. The maximum Gasteiger partial charge on any atom is 0.245 e. The summed E-state index contributed by atoms with van der Waals surface area (Å²) in [7, 11) is -2.08. The van der Waals surface area contributed by atoms with Crippen molar-refractivity contribution >= 4 is 32.6 Å². The van der Waals surface area contributed by atoms with E-state index in [1.54, 1.807) is 49.8 Å². The van der Waals surface area contributed by atoms with Crippen LogP contribution in [-0.2, 0) is 21.2 Å². The number of amides is 1. The fourth-order valence-corrected chi connectivity index (χ4v) is 5.40. The molecule has 1 aliphatic rings. The van der Waals surface area contributed by atoms with Crippen LogP contribution in [-0.4, -0.2) is 38.8 Å². The molecule has 1 saturated heterocycles. The van der Waals surface area contributed by atoms with Crippen LogP contribution in [0.2, 0.25) is 0 Å². The van der Waals surface area contributed by atoms with E-state index >= 15 is 0 Å². The molecule has 1 N–H and O–H groups in total. The minimum atomic E-state index is -3.66. The minimum Gasteiger partial charge on any atom is -0.497 e. The van der Waals surface area contributed by atoms with E-state index in [4.69, 9.17) is 9.15 Å². The van der Waals surface area contributed by atoms with Crippen LogP contribution < -0.4 is 10.1 Å². The van der Waals surface area contributed by atoms with Crippen molar-refractivity contribution in [1.29, 1.82) is 0 Å². The molecule has 2 aromatic carbocycles. The summed E-state index contributed by atoms with van der Waals surface area (Å²) in [5.41, 5.74) is 1.65. The summed E-state index contributed by atoms with van der Waals surface area (Å²) in [5, 5.41) is 3.59. The third-order valence-corrected chi connectivity index (χ3v) is 7.26. The van der Waals surface area contributed by atoms with Crippen molar-refractivity contribution in [2.75, 3.05) is 25.5 Å². The number of hydrogen-bond donors (Lipinski definition) is 1. The molecular weight excluding hydrogens is 404 g/mol. The van der Waals surface area contributed by atoms with Crippen LogP contribution in [0.25, 0.3) is 11.0 Å². The lowest BCUT2D eigenvalue weighted by molar-refractivity contribution is -0.115. The second kappa shape index (κ2) is 8.49. The third-order valence-electron chi connectivity index (χ3n) is 5.31. The predicted octanol–water partition coefficient (Wildman–Crippen LogP) is 3.80. The van der Waals surface area contributed by atoms with Crippen LogP contribution in [0.4, 0.5) is 5.69 Å². The van der Waals surface area contributed by atoms with Gasteiger partial charge in [0, 0.05) is 30.1 Å². The van der Waals surface area contributed by atoms with E-state index in [9.17, 15) is 13.2 Å². The zero-order valence-electron chi connectivity index (χ0n) is 16.8. The van der Waals surface area contributed by atoms with Crippen molar-refractivity contribution in [3.63, 3.8) is 0 Å². The Kier molecular flexibility index (Phi) is 5.78. The molecule has 2 heterocycles. The molecule has 0 atom stereocenters. The van der Waals surface area contributed by atoms with Gasteiger partial charge in [-0.2, -0.15) is 4.31 Å². The largest absolute Gasteiger partial charge is 0.497 e. The van der Waals surface area contributed by atoms with Gasteiger partial charge in [0.05, 0.1) is 25.5 Å². The first-order valence-corrected chi connectivity index (χ1v) is 11.4. The van der Waals surface area contributed by atoms with Crippen molar-refractivity contribution in [3.8, 4) is 5.75 Å². The second-order valence-electron chi connectivity index (χ2n) is 7.31. The molecule has 0 unspecified atom stereocenters. The number of anilines is 1. The fraction of sp³-hybridized carbons (Fsp3) is 0.318. The van der Waals surface area contributed by atoms with Crippen molar-refractivity contribution in [2.45, 2.75) is 30.6 Å². The molecule has 0 radical (unpaired) electrons. The van der Waals surface area contributed by atoms with Gasteiger partial charge in [0.15, 0.2) is 0 Å². The van der Waals surface area contributed by atoms with E-state index in [0.29, 0.717) is 30.1 Å². The summed E-state index contributed by atoms with van der Waals surface area (Å²) in [5.74, 6) is 0.361. The Labute approximate surface area is 175 Å². The topological polar surface area (TPSA) is 88.8 Å². The summed E-state index contributed by atoms with van der Waals surface area (Å²) in [4.78, 5) is 12.8. The number of benzene rings is 2. The lowest BCUT2D eigenvalue weighted by Crippen LogP contribution is -2.36. The molecular formula is C22H24N2O5S. The maximum atomic E-state index is 13.1. The normalized spacial score (nSPS) is 15.2. The minimum absolute atomic E-state index is 0.0669. The first kappa shape index (κ1) is 20.4. The van der Waals surface area contributed by atoms with E-state index in [1.165, 1.54) is 4.31 Å². The van der Waals surface area contributed by atoms with Crippen LogP contribution in [0, 0.1) is 0 Å². The second-order valence-corrected chi connectivity index (χ2v) is 9.22. The van der Waals surface area contributed by atoms with Gasteiger partial charge >= 0.3 is 0 Å². The van der Waals surface area contributed by atoms with Gasteiger partial charge in [-0.15, -0.1) is 0 Å². The molecule has 0 saturated carbocycles. The molecule has 158 valence electrons. The Morgan fingerprint density at radius 3 is 2.67 bits per heavy atom. The number of sulfonamides is 1. The Bertz CT molecular complexity index is 1160. The fourth-order valence-electron chi connectivity index (χ4n) is 3.73. The summed E-state index contributed by atoms with van der Waals surface area (Å²) in [6.07, 6.45) is 4.35. The summed E-state index contributed by atoms with van der Waals surface area (Å²) in [6.45, 7) is 1.02. The SMILES string of the molecule is COc1ccc2c(CC(=O)Nc3ccccc3S(=O)(=O)N3CCCCC3)coc2c1. The average Bonchev–Trinajstić information content (AvgIpc) is 3.16. The predicted molar refractivity (Wildman–Crippen MR) is 114 cm³/mol. The van der Waals surface area contributed by atoms with Crippen molar-refractivity contribution in [3.05, 3.63) is 54.3 Å². The first-order valence-electron chi connectivity index (χ1n) is 9.92. The Hall–Kier alpha value is -2.84. The van der Waals surface area contributed by atoms with E-state index in [2.05, 4.69) is 5.32 Å². The molecule has 0 bridgehead atoms. The number of rotatable bonds is 6.